The van der Waals surface area contributed by atoms with Gasteiger partial charge in [0.2, 0.25) is 0 Å². The number of hydrogen-bond acceptors (Lipinski definition) is 4. The number of rotatable bonds is 4. The van der Waals surface area contributed by atoms with Crippen molar-refractivity contribution in [3.8, 4) is 0 Å². The fraction of sp³-hybridized carbons (Fsp3) is 0.909. The van der Waals surface area contributed by atoms with Crippen LogP contribution in [0.25, 0.3) is 0 Å². The van der Waals surface area contributed by atoms with Gasteiger partial charge in [0, 0.05) is 26.2 Å². The van der Waals surface area contributed by atoms with E-state index in [0.717, 1.165) is 52.1 Å². The average Bonchev–Trinajstić information content (AvgIpc) is 2.20. The number of piperazine rings is 1. The molecule has 0 amide bonds. The molecule has 0 aromatic rings. The number of nitrogens with zero attached hydrogens (tertiary/aromatic N) is 2. The number of aldehydes is 1. The zero-order valence-electron chi connectivity index (χ0n) is 9.39. The number of hydrogen-bond donors (Lipinski definition) is 0. The smallest absolute Gasteiger partial charge is 0.137 e. The van der Waals surface area contributed by atoms with Crippen LogP contribution in [-0.4, -0.2) is 67.6 Å². The quantitative estimate of drug-likeness (QED) is 0.613. The third kappa shape index (κ3) is 2.38. The van der Waals surface area contributed by atoms with Gasteiger partial charge in [0.15, 0.2) is 0 Å². The first-order chi connectivity index (χ1) is 7.35. The predicted molar refractivity (Wildman–Crippen MR) is 57.9 cm³/mol. The van der Waals surface area contributed by atoms with Gasteiger partial charge in [-0.3, -0.25) is 9.80 Å². The van der Waals surface area contributed by atoms with Gasteiger partial charge in [-0.05, 0) is 6.42 Å². The SMILES string of the molecule is CCC(C=O)N1CCN(C2COC2)CC1. The van der Waals surface area contributed by atoms with E-state index < -0.39 is 0 Å². The van der Waals surface area contributed by atoms with Crippen LogP contribution in [0.2, 0.25) is 0 Å². The van der Waals surface area contributed by atoms with Crippen molar-refractivity contribution in [2.45, 2.75) is 25.4 Å². The lowest BCUT2D eigenvalue weighted by molar-refractivity contribution is -0.115. The Hall–Kier alpha value is -0.450. The molecule has 0 radical (unpaired) electrons. The molecular formula is C11H20N2O2. The number of ether oxygens (including phenoxy) is 1. The third-order valence-corrected chi connectivity index (χ3v) is 3.53. The second kappa shape index (κ2) is 5.05. The van der Waals surface area contributed by atoms with Crippen LogP contribution in [0.5, 0.6) is 0 Å². The maximum Gasteiger partial charge on any atom is 0.137 e. The van der Waals surface area contributed by atoms with Gasteiger partial charge >= 0.3 is 0 Å². The molecule has 2 aliphatic heterocycles. The molecular weight excluding hydrogens is 192 g/mol. The van der Waals surface area contributed by atoms with Gasteiger partial charge < -0.3 is 9.53 Å². The molecule has 0 N–H and O–H groups in total. The summed E-state index contributed by atoms with van der Waals surface area (Å²) in [5.74, 6) is 0. The molecule has 2 aliphatic rings. The Bertz CT molecular complexity index is 211. The van der Waals surface area contributed by atoms with Crippen LogP contribution in [-0.2, 0) is 9.53 Å². The van der Waals surface area contributed by atoms with Crippen molar-refractivity contribution in [3.63, 3.8) is 0 Å². The van der Waals surface area contributed by atoms with Crippen LogP contribution < -0.4 is 0 Å². The molecule has 4 nitrogen and oxygen atoms in total. The van der Waals surface area contributed by atoms with Gasteiger partial charge in [-0.2, -0.15) is 0 Å². The standard InChI is InChI=1S/C11H20N2O2/c1-2-10(7-14)12-3-5-13(6-4-12)11-8-15-9-11/h7,10-11H,2-6,8-9H2,1H3. The fourth-order valence-corrected chi connectivity index (χ4v) is 2.31. The van der Waals surface area contributed by atoms with Gasteiger partial charge in [-0.1, -0.05) is 6.92 Å². The largest absolute Gasteiger partial charge is 0.378 e. The number of carbonyl (C=O) groups excluding carboxylic acids is 1. The van der Waals surface area contributed by atoms with Crippen molar-refractivity contribution in [1.82, 2.24) is 9.80 Å². The van der Waals surface area contributed by atoms with Gasteiger partial charge in [0.25, 0.3) is 0 Å². The Kier molecular flexibility index (Phi) is 3.72. The summed E-state index contributed by atoms with van der Waals surface area (Å²) >= 11 is 0. The molecule has 0 aliphatic carbocycles. The Morgan fingerprint density at radius 2 is 2.00 bits per heavy atom. The highest BCUT2D eigenvalue weighted by atomic mass is 16.5. The minimum Gasteiger partial charge on any atom is -0.378 e. The molecule has 0 spiro atoms. The molecule has 0 bridgehead atoms. The summed E-state index contributed by atoms with van der Waals surface area (Å²) in [6.07, 6.45) is 2.01. The molecule has 2 heterocycles. The van der Waals surface area contributed by atoms with Crippen molar-refractivity contribution in [2.24, 2.45) is 0 Å². The first-order valence-corrected chi connectivity index (χ1v) is 5.86. The number of carbonyl (C=O) groups is 1. The normalized spacial score (nSPS) is 27.3. The van der Waals surface area contributed by atoms with Crippen molar-refractivity contribution in [1.29, 1.82) is 0 Å². The second-order valence-corrected chi connectivity index (χ2v) is 4.37. The van der Waals surface area contributed by atoms with Gasteiger partial charge in [-0.15, -0.1) is 0 Å². The van der Waals surface area contributed by atoms with Gasteiger partial charge in [0.05, 0.1) is 25.3 Å². The lowest BCUT2D eigenvalue weighted by atomic mass is 10.1. The van der Waals surface area contributed by atoms with Crippen molar-refractivity contribution in [2.75, 3.05) is 39.4 Å². The fourth-order valence-electron chi connectivity index (χ4n) is 2.31. The van der Waals surface area contributed by atoms with E-state index in [1.54, 1.807) is 0 Å². The van der Waals surface area contributed by atoms with E-state index in [0.29, 0.717) is 6.04 Å². The van der Waals surface area contributed by atoms with E-state index in [-0.39, 0.29) is 6.04 Å². The van der Waals surface area contributed by atoms with E-state index in [1.807, 2.05) is 0 Å². The first-order valence-electron chi connectivity index (χ1n) is 5.86. The molecule has 86 valence electrons. The molecule has 15 heavy (non-hydrogen) atoms. The van der Waals surface area contributed by atoms with Crippen LogP contribution in [0, 0.1) is 0 Å². The first kappa shape index (κ1) is 11.0. The highest BCUT2D eigenvalue weighted by Gasteiger charge is 2.30. The van der Waals surface area contributed by atoms with Crippen LogP contribution in [0.1, 0.15) is 13.3 Å². The molecule has 2 fully saturated rings. The molecule has 2 rings (SSSR count). The lowest BCUT2D eigenvalue weighted by Gasteiger charge is -2.43. The molecule has 1 atom stereocenters. The van der Waals surface area contributed by atoms with Crippen LogP contribution in [0.3, 0.4) is 0 Å². The summed E-state index contributed by atoms with van der Waals surface area (Å²) in [4.78, 5) is 15.6. The van der Waals surface area contributed by atoms with Gasteiger partial charge in [0.1, 0.15) is 6.29 Å². The highest BCUT2D eigenvalue weighted by molar-refractivity contribution is 5.57. The van der Waals surface area contributed by atoms with Crippen molar-refractivity contribution >= 4 is 6.29 Å². The molecule has 2 saturated heterocycles. The monoisotopic (exact) mass is 212 g/mol. The zero-order chi connectivity index (χ0) is 10.7. The Morgan fingerprint density at radius 3 is 2.40 bits per heavy atom. The topological polar surface area (TPSA) is 32.8 Å². The van der Waals surface area contributed by atoms with Gasteiger partial charge in [-0.25, -0.2) is 0 Å². The van der Waals surface area contributed by atoms with E-state index in [4.69, 9.17) is 4.74 Å². The summed E-state index contributed by atoms with van der Waals surface area (Å²) in [6, 6.07) is 0.772. The maximum atomic E-state index is 10.8. The van der Waals surface area contributed by atoms with E-state index in [2.05, 4.69) is 16.7 Å². The van der Waals surface area contributed by atoms with Crippen LogP contribution in [0.15, 0.2) is 0 Å². The summed E-state index contributed by atoms with van der Waals surface area (Å²) < 4.78 is 5.19. The van der Waals surface area contributed by atoms with E-state index in [9.17, 15) is 4.79 Å². The molecule has 0 aromatic carbocycles. The predicted octanol–water partition coefficient (Wildman–Crippen LogP) is -0.0197. The molecule has 0 aromatic heterocycles. The van der Waals surface area contributed by atoms with E-state index >= 15 is 0 Å². The van der Waals surface area contributed by atoms with Crippen molar-refractivity contribution < 1.29 is 9.53 Å². The summed E-state index contributed by atoms with van der Waals surface area (Å²) in [6.45, 7) is 8.07. The molecule has 0 saturated carbocycles. The molecule has 4 heteroatoms. The lowest BCUT2D eigenvalue weighted by Crippen LogP contribution is -2.58. The Balaban J connectivity index is 1.77. The van der Waals surface area contributed by atoms with Crippen LogP contribution in [0.4, 0.5) is 0 Å². The minimum absolute atomic E-state index is 0.129. The van der Waals surface area contributed by atoms with Crippen LogP contribution >= 0.6 is 0 Å². The third-order valence-electron chi connectivity index (χ3n) is 3.53. The van der Waals surface area contributed by atoms with E-state index in [1.165, 1.54) is 0 Å². The highest BCUT2D eigenvalue weighted by Crippen LogP contribution is 2.14. The summed E-state index contributed by atoms with van der Waals surface area (Å²) in [7, 11) is 0. The minimum atomic E-state index is 0.129. The second-order valence-electron chi connectivity index (χ2n) is 4.37. The Labute approximate surface area is 91.2 Å². The summed E-state index contributed by atoms with van der Waals surface area (Å²) in [5.41, 5.74) is 0. The Morgan fingerprint density at radius 1 is 1.33 bits per heavy atom. The average molecular weight is 212 g/mol. The zero-order valence-corrected chi connectivity index (χ0v) is 9.39. The maximum absolute atomic E-state index is 10.8. The summed E-state index contributed by atoms with van der Waals surface area (Å²) in [5, 5.41) is 0. The molecule has 1 unspecified atom stereocenters. The van der Waals surface area contributed by atoms with Crippen molar-refractivity contribution in [3.05, 3.63) is 0 Å².